The maximum Gasteiger partial charge on any atom is 0.0376 e. The second-order valence-electron chi connectivity index (χ2n) is 3.82. The molecule has 0 atom stereocenters. The molecule has 12 heavy (non-hydrogen) atoms. The fourth-order valence-electron chi connectivity index (χ4n) is 1.57. The van der Waals surface area contributed by atoms with Crippen LogP contribution in [-0.4, -0.2) is 24.5 Å². The number of hydrogen-bond acceptors (Lipinski definition) is 2. The lowest BCUT2D eigenvalue weighted by atomic mass is 9.99. The molecule has 2 N–H and O–H groups in total. The topological polar surface area (TPSA) is 29.3 Å². The molecule has 1 aliphatic rings. The van der Waals surface area contributed by atoms with Crippen molar-refractivity contribution in [2.75, 3.05) is 19.6 Å². The van der Waals surface area contributed by atoms with Crippen molar-refractivity contribution in [3.05, 3.63) is 11.8 Å². The van der Waals surface area contributed by atoms with Crippen LogP contribution in [0, 0.1) is 5.92 Å². The number of nitrogens with zero attached hydrogens (tertiary/aromatic N) is 1. The van der Waals surface area contributed by atoms with E-state index in [0.717, 1.165) is 18.2 Å². The minimum atomic E-state index is 0.910. The van der Waals surface area contributed by atoms with E-state index >= 15 is 0 Å². The Balaban J connectivity index is 2.26. The van der Waals surface area contributed by atoms with Gasteiger partial charge in [-0.3, -0.25) is 4.90 Å². The molecule has 0 aromatic carbocycles. The smallest absolute Gasteiger partial charge is 0.0376 e. The highest BCUT2D eigenvalue weighted by Crippen LogP contribution is 2.15. The molecule has 1 heterocycles. The van der Waals surface area contributed by atoms with Crippen LogP contribution >= 0.6 is 0 Å². The lowest BCUT2D eigenvalue weighted by Gasteiger charge is -2.30. The van der Waals surface area contributed by atoms with E-state index in [4.69, 9.17) is 5.73 Å². The highest BCUT2D eigenvalue weighted by molar-refractivity contribution is 4.97. The van der Waals surface area contributed by atoms with Crippen LogP contribution in [0.4, 0.5) is 0 Å². The summed E-state index contributed by atoms with van der Waals surface area (Å²) >= 11 is 0. The molecule has 1 saturated heterocycles. The van der Waals surface area contributed by atoms with Crippen LogP contribution in [0.2, 0.25) is 0 Å². The summed E-state index contributed by atoms with van der Waals surface area (Å²) in [5.74, 6) is 0.910. The van der Waals surface area contributed by atoms with Gasteiger partial charge in [0.25, 0.3) is 0 Å². The third-order valence-corrected chi connectivity index (χ3v) is 2.65. The SMILES string of the molecule is C/C=C(\N)CN1CCC(C)CC1. The quantitative estimate of drug-likeness (QED) is 0.678. The fraction of sp³-hybridized carbons (Fsp3) is 0.800. The van der Waals surface area contributed by atoms with Gasteiger partial charge in [0.05, 0.1) is 0 Å². The summed E-state index contributed by atoms with van der Waals surface area (Å²) < 4.78 is 0. The zero-order valence-corrected chi connectivity index (χ0v) is 8.21. The molecule has 0 radical (unpaired) electrons. The van der Waals surface area contributed by atoms with Gasteiger partial charge < -0.3 is 5.73 Å². The molecule has 0 aromatic heterocycles. The van der Waals surface area contributed by atoms with Crippen LogP contribution in [0.5, 0.6) is 0 Å². The largest absolute Gasteiger partial charge is 0.401 e. The van der Waals surface area contributed by atoms with Crippen molar-refractivity contribution in [3.63, 3.8) is 0 Å². The molecule has 0 bridgehead atoms. The van der Waals surface area contributed by atoms with E-state index in [9.17, 15) is 0 Å². The molecule has 0 saturated carbocycles. The molecule has 1 aliphatic heterocycles. The van der Waals surface area contributed by atoms with Gasteiger partial charge in [0.15, 0.2) is 0 Å². The Morgan fingerprint density at radius 3 is 2.58 bits per heavy atom. The van der Waals surface area contributed by atoms with Crippen LogP contribution in [0.25, 0.3) is 0 Å². The maximum absolute atomic E-state index is 5.76. The van der Waals surface area contributed by atoms with Crippen LogP contribution in [0.3, 0.4) is 0 Å². The Kier molecular flexibility index (Phi) is 3.60. The van der Waals surface area contributed by atoms with Gasteiger partial charge in [-0.25, -0.2) is 0 Å². The van der Waals surface area contributed by atoms with E-state index in [1.54, 1.807) is 0 Å². The minimum Gasteiger partial charge on any atom is -0.401 e. The number of piperidine rings is 1. The zero-order valence-electron chi connectivity index (χ0n) is 8.21. The highest BCUT2D eigenvalue weighted by atomic mass is 15.1. The summed E-state index contributed by atoms with van der Waals surface area (Å²) in [5.41, 5.74) is 6.76. The van der Waals surface area contributed by atoms with Crippen LogP contribution in [0.15, 0.2) is 11.8 Å². The normalized spacial score (nSPS) is 23.0. The van der Waals surface area contributed by atoms with E-state index in [1.807, 2.05) is 13.0 Å². The van der Waals surface area contributed by atoms with Crippen molar-refractivity contribution in [1.82, 2.24) is 4.90 Å². The van der Waals surface area contributed by atoms with E-state index in [-0.39, 0.29) is 0 Å². The Labute approximate surface area is 75.4 Å². The second kappa shape index (κ2) is 4.51. The Hall–Kier alpha value is -0.500. The van der Waals surface area contributed by atoms with Crippen LogP contribution in [0.1, 0.15) is 26.7 Å². The summed E-state index contributed by atoms with van der Waals surface area (Å²) in [6.45, 7) is 7.73. The summed E-state index contributed by atoms with van der Waals surface area (Å²) in [5, 5.41) is 0. The van der Waals surface area contributed by atoms with Gasteiger partial charge in [0.2, 0.25) is 0 Å². The maximum atomic E-state index is 5.76. The number of nitrogens with two attached hydrogens (primary N) is 1. The highest BCUT2D eigenvalue weighted by Gasteiger charge is 2.15. The van der Waals surface area contributed by atoms with Crippen molar-refractivity contribution >= 4 is 0 Å². The summed E-state index contributed by atoms with van der Waals surface area (Å²) in [7, 11) is 0. The lowest BCUT2D eigenvalue weighted by molar-refractivity contribution is 0.206. The molecule has 1 fully saturated rings. The molecule has 2 heteroatoms. The Bertz CT molecular complexity index is 155. The van der Waals surface area contributed by atoms with Gasteiger partial charge in [0.1, 0.15) is 0 Å². The van der Waals surface area contributed by atoms with Gasteiger partial charge >= 0.3 is 0 Å². The molecule has 0 spiro atoms. The standard InChI is InChI=1S/C10H20N2/c1-3-10(11)8-12-6-4-9(2)5-7-12/h3,9H,4-8,11H2,1-2H3/b10-3-. The molecule has 0 aromatic rings. The number of rotatable bonds is 2. The van der Waals surface area contributed by atoms with E-state index < -0.39 is 0 Å². The lowest BCUT2D eigenvalue weighted by Crippen LogP contribution is -2.35. The summed E-state index contributed by atoms with van der Waals surface area (Å²) in [4.78, 5) is 2.44. The second-order valence-corrected chi connectivity index (χ2v) is 3.82. The van der Waals surface area contributed by atoms with Crippen molar-refractivity contribution in [2.45, 2.75) is 26.7 Å². The number of hydrogen-bond donors (Lipinski definition) is 1. The zero-order chi connectivity index (χ0) is 8.97. The Morgan fingerprint density at radius 2 is 2.08 bits per heavy atom. The molecule has 0 unspecified atom stereocenters. The average molecular weight is 168 g/mol. The van der Waals surface area contributed by atoms with Crippen molar-refractivity contribution in [2.24, 2.45) is 11.7 Å². The monoisotopic (exact) mass is 168 g/mol. The molecule has 0 aliphatic carbocycles. The first-order valence-corrected chi connectivity index (χ1v) is 4.85. The van der Waals surface area contributed by atoms with E-state index in [0.29, 0.717) is 0 Å². The first kappa shape index (κ1) is 9.59. The summed E-state index contributed by atoms with van der Waals surface area (Å²) in [6.07, 6.45) is 4.66. The Morgan fingerprint density at radius 1 is 1.50 bits per heavy atom. The first-order chi connectivity index (χ1) is 5.72. The van der Waals surface area contributed by atoms with Gasteiger partial charge in [-0.1, -0.05) is 13.0 Å². The predicted octanol–water partition coefficient (Wildman–Crippen LogP) is 1.58. The third-order valence-electron chi connectivity index (χ3n) is 2.65. The van der Waals surface area contributed by atoms with Gasteiger partial charge in [0, 0.05) is 12.2 Å². The van der Waals surface area contributed by atoms with Crippen LogP contribution in [-0.2, 0) is 0 Å². The molecule has 2 nitrogen and oxygen atoms in total. The molecule has 1 rings (SSSR count). The van der Waals surface area contributed by atoms with Crippen molar-refractivity contribution in [3.8, 4) is 0 Å². The number of allylic oxidation sites excluding steroid dienone is 1. The van der Waals surface area contributed by atoms with E-state index in [1.165, 1.54) is 25.9 Å². The fourth-order valence-corrected chi connectivity index (χ4v) is 1.57. The number of likely N-dealkylation sites (tertiary alicyclic amines) is 1. The molecular weight excluding hydrogens is 148 g/mol. The van der Waals surface area contributed by atoms with Gasteiger partial charge in [-0.15, -0.1) is 0 Å². The van der Waals surface area contributed by atoms with Crippen molar-refractivity contribution < 1.29 is 0 Å². The summed E-state index contributed by atoms with van der Waals surface area (Å²) in [6, 6.07) is 0. The van der Waals surface area contributed by atoms with Gasteiger partial charge in [-0.05, 0) is 38.8 Å². The molecule has 0 amide bonds. The van der Waals surface area contributed by atoms with Gasteiger partial charge in [-0.2, -0.15) is 0 Å². The predicted molar refractivity (Wildman–Crippen MR) is 52.8 cm³/mol. The molecular formula is C10H20N2. The first-order valence-electron chi connectivity index (χ1n) is 4.85. The van der Waals surface area contributed by atoms with Crippen LogP contribution < -0.4 is 5.73 Å². The van der Waals surface area contributed by atoms with E-state index in [2.05, 4.69) is 11.8 Å². The minimum absolute atomic E-state index is 0.910. The molecule has 70 valence electrons. The average Bonchev–Trinajstić information content (AvgIpc) is 2.09. The third kappa shape index (κ3) is 2.86. The van der Waals surface area contributed by atoms with Crippen molar-refractivity contribution in [1.29, 1.82) is 0 Å².